The van der Waals surface area contributed by atoms with Crippen molar-refractivity contribution in [1.82, 2.24) is 4.98 Å². The average Bonchev–Trinajstić information content (AvgIpc) is 2.49. The highest BCUT2D eigenvalue weighted by molar-refractivity contribution is 6.58. The first-order valence-corrected chi connectivity index (χ1v) is 3.46. The van der Waals surface area contributed by atoms with Crippen molar-refractivity contribution < 1.29 is 14.5 Å². The number of oxazole rings is 1. The van der Waals surface area contributed by atoms with Crippen LogP contribution >= 0.6 is 12.4 Å². The van der Waals surface area contributed by atoms with Gasteiger partial charge in [-0.3, -0.25) is 0 Å². The second-order valence-electron chi connectivity index (χ2n) is 2.45. The average molecular weight is 199 g/mol. The van der Waals surface area contributed by atoms with Crippen LogP contribution < -0.4 is 5.46 Å². The fraction of sp³-hybridized carbons (Fsp3) is 0. The number of halogens is 1. The van der Waals surface area contributed by atoms with Crippen molar-refractivity contribution in [1.29, 1.82) is 0 Å². The molecule has 1 aromatic carbocycles. The molecule has 0 atom stereocenters. The van der Waals surface area contributed by atoms with Crippen LogP contribution in [0.3, 0.4) is 0 Å². The van der Waals surface area contributed by atoms with Crippen molar-refractivity contribution in [2.24, 2.45) is 0 Å². The van der Waals surface area contributed by atoms with Crippen LogP contribution in [-0.4, -0.2) is 22.2 Å². The Bertz CT molecular complexity index is 403. The van der Waals surface area contributed by atoms with E-state index in [1.54, 1.807) is 18.2 Å². The van der Waals surface area contributed by atoms with Crippen molar-refractivity contribution in [3.05, 3.63) is 24.6 Å². The van der Waals surface area contributed by atoms with E-state index in [0.717, 1.165) is 0 Å². The van der Waals surface area contributed by atoms with Gasteiger partial charge in [0.15, 0.2) is 12.0 Å². The molecule has 0 bridgehead atoms. The van der Waals surface area contributed by atoms with Gasteiger partial charge in [0.05, 0.1) is 0 Å². The van der Waals surface area contributed by atoms with Crippen molar-refractivity contribution in [2.45, 2.75) is 0 Å². The van der Waals surface area contributed by atoms with Gasteiger partial charge in [-0.05, 0) is 17.6 Å². The number of hydrogen-bond donors (Lipinski definition) is 2. The fourth-order valence-corrected chi connectivity index (χ4v) is 1.04. The molecule has 13 heavy (non-hydrogen) atoms. The summed E-state index contributed by atoms with van der Waals surface area (Å²) in [6, 6.07) is 4.80. The lowest BCUT2D eigenvalue weighted by Crippen LogP contribution is -2.29. The zero-order valence-electron chi connectivity index (χ0n) is 6.54. The standard InChI is InChI=1S/C7H6BNO3.ClH/c10-8(11)5-1-2-7-6(3-5)9-4-12-7;/h1-4,10-11H;1H. The monoisotopic (exact) mass is 199 g/mol. The number of nitrogens with zero attached hydrogens (tertiary/aromatic N) is 1. The first kappa shape index (κ1) is 10.0. The normalized spacial score (nSPS) is 9.69. The summed E-state index contributed by atoms with van der Waals surface area (Å²) in [6.07, 6.45) is 1.32. The molecule has 0 aliphatic rings. The predicted octanol–water partition coefficient (Wildman–Crippen LogP) is -0.0706. The van der Waals surface area contributed by atoms with E-state index >= 15 is 0 Å². The summed E-state index contributed by atoms with van der Waals surface area (Å²) in [7, 11) is -1.45. The van der Waals surface area contributed by atoms with Crippen LogP contribution in [0.5, 0.6) is 0 Å². The first-order valence-electron chi connectivity index (χ1n) is 3.46. The summed E-state index contributed by atoms with van der Waals surface area (Å²) >= 11 is 0. The molecule has 2 rings (SSSR count). The summed E-state index contributed by atoms with van der Waals surface area (Å²) in [4.78, 5) is 3.87. The Hall–Kier alpha value is -1.04. The lowest BCUT2D eigenvalue weighted by molar-refractivity contribution is 0.426. The minimum Gasteiger partial charge on any atom is -0.443 e. The molecule has 6 heteroatoms. The Balaban J connectivity index is 0.000000845. The summed E-state index contributed by atoms with van der Waals surface area (Å²) in [6.45, 7) is 0. The number of aromatic nitrogens is 1. The van der Waals surface area contributed by atoms with Gasteiger partial charge >= 0.3 is 7.12 Å². The van der Waals surface area contributed by atoms with E-state index in [4.69, 9.17) is 14.5 Å². The van der Waals surface area contributed by atoms with E-state index in [1.165, 1.54) is 6.39 Å². The van der Waals surface area contributed by atoms with Gasteiger partial charge in [0.2, 0.25) is 0 Å². The highest BCUT2D eigenvalue weighted by atomic mass is 35.5. The largest absolute Gasteiger partial charge is 0.488 e. The van der Waals surface area contributed by atoms with E-state index in [2.05, 4.69) is 4.98 Å². The van der Waals surface area contributed by atoms with Crippen molar-refractivity contribution >= 4 is 36.1 Å². The molecule has 0 fully saturated rings. The molecule has 0 spiro atoms. The summed E-state index contributed by atoms with van der Waals surface area (Å²) in [5.74, 6) is 0. The highest BCUT2D eigenvalue weighted by Crippen LogP contribution is 2.08. The quantitative estimate of drug-likeness (QED) is 0.631. The van der Waals surface area contributed by atoms with Gasteiger partial charge in [-0.1, -0.05) is 6.07 Å². The number of hydrogen-bond acceptors (Lipinski definition) is 4. The molecule has 1 heterocycles. The van der Waals surface area contributed by atoms with Gasteiger partial charge < -0.3 is 14.5 Å². The zero-order chi connectivity index (χ0) is 8.55. The Labute approximate surface area is 80.8 Å². The lowest BCUT2D eigenvalue weighted by atomic mass is 9.80. The van der Waals surface area contributed by atoms with Gasteiger partial charge in [-0.15, -0.1) is 12.4 Å². The SMILES string of the molecule is Cl.OB(O)c1ccc2ocnc2c1. The van der Waals surface area contributed by atoms with Crippen LogP contribution in [0.4, 0.5) is 0 Å². The topological polar surface area (TPSA) is 66.5 Å². The van der Waals surface area contributed by atoms with Crippen molar-refractivity contribution in [3.8, 4) is 0 Å². The Morgan fingerprint density at radius 2 is 2.08 bits per heavy atom. The highest BCUT2D eigenvalue weighted by Gasteiger charge is 2.11. The van der Waals surface area contributed by atoms with Crippen LogP contribution in [0.2, 0.25) is 0 Å². The molecular formula is C7H7BClNO3. The van der Waals surface area contributed by atoms with Crippen molar-refractivity contribution in [2.75, 3.05) is 0 Å². The molecule has 2 aromatic rings. The van der Waals surface area contributed by atoms with Gasteiger partial charge in [0, 0.05) is 0 Å². The molecule has 0 saturated heterocycles. The minimum absolute atomic E-state index is 0. The predicted molar refractivity (Wildman–Crippen MR) is 51.1 cm³/mol. The number of benzene rings is 1. The molecule has 0 saturated carbocycles. The number of fused-ring (bicyclic) bond motifs is 1. The van der Waals surface area contributed by atoms with Gasteiger partial charge in [0.25, 0.3) is 0 Å². The third kappa shape index (κ3) is 1.83. The fourth-order valence-electron chi connectivity index (χ4n) is 1.04. The van der Waals surface area contributed by atoms with Crippen LogP contribution in [0.15, 0.2) is 29.0 Å². The molecule has 0 amide bonds. The van der Waals surface area contributed by atoms with E-state index in [1.807, 2.05) is 0 Å². The van der Waals surface area contributed by atoms with Gasteiger partial charge in [-0.2, -0.15) is 0 Å². The maximum Gasteiger partial charge on any atom is 0.488 e. The first-order chi connectivity index (χ1) is 5.77. The van der Waals surface area contributed by atoms with Crippen LogP contribution in [0.25, 0.3) is 11.1 Å². The Kier molecular flexibility index (Phi) is 2.92. The third-order valence-electron chi connectivity index (χ3n) is 1.65. The molecule has 68 valence electrons. The summed E-state index contributed by atoms with van der Waals surface area (Å²) < 4.78 is 4.98. The molecule has 0 radical (unpaired) electrons. The smallest absolute Gasteiger partial charge is 0.443 e. The molecule has 0 unspecified atom stereocenters. The molecule has 4 nitrogen and oxygen atoms in total. The maximum atomic E-state index is 8.82. The van der Waals surface area contributed by atoms with E-state index < -0.39 is 7.12 Å². The van der Waals surface area contributed by atoms with Crippen LogP contribution in [0.1, 0.15) is 0 Å². The molecule has 0 aliphatic heterocycles. The minimum atomic E-state index is -1.45. The molecule has 0 aliphatic carbocycles. The van der Waals surface area contributed by atoms with E-state index in [-0.39, 0.29) is 12.4 Å². The molecule has 2 N–H and O–H groups in total. The maximum absolute atomic E-state index is 8.82. The van der Waals surface area contributed by atoms with Crippen LogP contribution in [0, 0.1) is 0 Å². The van der Waals surface area contributed by atoms with Gasteiger partial charge in [-0.25, -0.2) is 4.98 Å². The summed E-state index contributed by atoms with van der Waals surface area (Å²) in [5.41, 5.74) is 1.68. The second-order valence-corrected chi connectivity index (χ2v) is 2.45. The zero-order valence-corrected chi connectivity index (χ0v) is 7.36. The Morgan fingerprint density at radius 1 is 1.31 bits per heavy atom. The van der Waals surface area contributed by atoms with E-state index in [9.17, 15) is 0 Å². The number of rotatable bonds is 1. The molecular weight excluding hydrogens is 192 g/mol. The summed E-state index contributed by atoms with van der Waals surface area (Å²) in [5, 5.41) is 17.6. The van der Waals surface area contributed by atoms with Crippen LogP contribution in [-0.2, 0) is 0 Å². The second kappa shape index (κ2) is 3.78. The molecule has 1 aromatic heterocycles. The Morgan fingerprint density at radius 3 is 2.77 bits per heavy atom. The third-order valence-corrected chi connectivity index (χ3v) is 1.65. The lowest BCUT2D eigenvalue weighted by Gasteiger charge is -1.96. The van der Waals surface area contributed by atoms with Gasteiger partial charge in [0.1, 0.15) is 5.52 Å². The van der Waals surface area contributed by atoms with Crippen molar-refractivity contribution in [3.63, 3.8) is 0 Å². The van der Waals surface area contributed by atoms with E-state index in [0.29, 0.717) is 16.6 Å².